The van der Waals surface area contributed by atoms with Gasteiger partial charge in [0.1, 0.15) is 4.47 Å². The van der Waals surface area contributed by atoms with Crippen LogP contribution in [0, 0.1) is 5.92 Å². The Balaban J connectivity index is 2.01. The average Bonchev–Trinajstić information content (AvgIpc) is 2.44. The topological polar surface area (TPSA) is 68.2 Å². The highest BCUT2D eigenvalue weighted by Crippen LogP contribution is 2.16. The van der Waals surface area contributed by atoms with E-state index in [1.165, 1.54) is 4.68 Å². The number of hydrogen-bond donors (Lipinski definition) is 2. The molecule has 0 radical (unpaired) electrons. The monoisotopic (exact) mass is 344 g/mol. The molecule has 0 amide bonds. The first-order chi connectivity index (χ1) is 9.58. The zero-order valence-corrected chi connectivity index (χ0v) is 13.4. The van der Waals surface area contributed by atoms with Crippen LogP contribution in [0.3, 0.4) is 0 Å². The van der Waals surface area contributed by atoms with Crippen LogP contribution in [-0.2, 0) is 11.3 Å². The molecule has 0 saturated carbocycles. The first-order valence-corrected chi connectivity index (χ1v) is 7.68. The Morgan fingerprint density at radius 2 is 2.45 bits per heavy atom. The number of morpholine rings is 1. The fourth-order valence-corrected chi connectivity index (χ4v) is 2.50. The van der Waals surface area contributed by atoms with Gasteiger partial charge in [0.25, 0.3) is 5.56 Å². The SMILES string of the molecule is CC(C)Cn1ncc(NCC2COCCN2)c(Br)c1=O. The maximum atomic E-state index is 12.1. The predicted octanol–water partition coefficient (Wildman–Crippen LogP) is 1.06. The molecule has 2 rings (SSSR count). The van der Waals surface area contributed by atoms with E-state index >= 15 is 0 Å². The van der Waals surface area contributed by atoms with E-state index in [-0.39, 0.29) is 11.6 Å². The van der Waals surface area contributed by atoms with Crippen LogP contribution in [0.5, 0.6) is 0 Å². The molecule has 2 heterocycles. The fraction of sp³-hybridized carbons (Fsp3) is 0.692. The third kappa shape index (κ3) is 4.04. The number of aromatic nitrogens is 2. The van der Waals surface area contributed by atoms with Crippen molar-refractivity contribution in [3.8, 4) is 0 Å². The van der Waals surface area contributed by atoms with Crippen molar-refractivity contribution >= 4 is 21.6 Å². The minimum Gasteiger partial charge on any atom is -0.381 e. The quantitative estimate of drug-likeness (QED) is 0.835. The molecule has 0 aromatic carbocycles. The van der Waals surface area contributed by atoms with E-state index in [1.807, 2.05) is 0 Å². The fourth-order valence-electron chi connectivity index (χ4n) is 2.05. The third-order valence-electron chi connectivity index (χ3n) is 3.06. The Morgan fingerprint density at radius 1 is 1.65 bits per heavy atom. The molecule has 7 heteroatoms. The van der Waals surface area contributed by atoms with E-state index in [0.717, 1.165) is 18.8 Å². The summed E-state index contributed by atoms with van der Waals surface area (Å²) in [5, 5.41) is 10.8. The van der Waals surface area contributed by atoms with Gasteiger partial charge < -0.3 is 15.4 Å². The van der Waals surface area contributed by atoms with Crippen LogP contribution < -0.4 is 16.2 Å². The van der Waals surface area contributed by atoms with Crippen LogP contribution in [0.1, 0.15) is 13.8 Å². The Labute approximate surface area is 127 Å². The van der Waals surface area contributed by atoms with Crippen molar-refractivity contribution in [3.05, 3.63) is 21.0 Å². The van der Waals surface area contributed by atoms with Gasteiger partial charge in [-0.05, 0) is 21.8 Å². The van der Waals surface area contributed by atoms with Crippen molar-refractivity contribution in [3.63, 3.8) is 0 Å². The average molecular weight is 345 g/mol. The van der Waals surface area contributed by atoms with Gasteiger partial charge in [-0.15, -0.1) is 0 Å². The van der Waals surface area contributed by atoms with Gasteiger partial charge in [0.05, 0.1) is 25.1 Å². The highest BCUT2D eigenvalue weighted by atomic mass is 79.9. The standard InChI is InChI=1S/C13H21BrN4O2/c1-9(2)7-18-13(19)12(14)11(6-17-18)16-5-10-8-20-4-3-15-10/h6,9-10,15-16H,3-5,7-8H2,1-2H3. The minimum atomic E-state index is -0.100. The first-order valence-electron chi connectivity index (χ1n) is 6.88. The predicted molar refractivity (Wildman–Crippen MR) is 82.1 cm³/mol. The number of hydrogen-bond acceptors (Lipinski definition) is 5. The largest absolute Gasteiger partial charge is 0.381 e. The number of halogens is 1. The number of nitrogens with one attached hydrogen (secondary N) is 2. The summed E-state index contributed by atoms with van der Waals surface area (Å²) in [4.78, 5) is 12.1. The van der Waals surface area contributed by atoms with E-state index in [0.29, 0.717) is 30.1 Å². The van der Waals surface area contributed by atoms with Crippen LogP contribution in [0.2, 0.25) is 0 Å². The summed E-state index contributed by atoms with van der Waals surface area (Å²) in [5.74, 6) is 0.384. The molecular weight excluding hydrogens is 324 g/mol. The molecule has 0 aliphatic carbocycles. The third-order valence-corrected chi connectivity index (χ3v) is 3.83. The molecule has 1 unspecified atom stereocenters. The summed E-state index contributed by atoms with van der Waals surface area (Å²) in [6.45, 7) is 7.74. The summed E-state index contributed by atoms with van der Waals surface area (Å²) in [7, 11) is 0. The van der Waals surface area contributed by atoms with Gasteiger partial charge in [0.15, 0.2) is 0 Å². The normalized spacial score (nSPS) is 19.3. The highest BCUT2D eigenvalue weighted by Gasteiger charge is 2.14. The van der Waals surface area contributed by atoms with Crippen LogP contribution in [-0.4, -0.2) is 42.1 Å². The molecule has 112 valence electrons. The van der Waals surface area contributed by atoms with Crippen molar-refractivity contribution < 1.29 is 4.74 Å². The second kappa shape index (κ2) is 7.19. The Kier molecular flexibility index (Phi) is 5.56. The van der Waals surface area contributed by atoms with Crippen LogP contribution in [0.4, 0.5) is 5.69 Å². The van der Waals surface area contributed by atoms with E-state index < -0.39 is 0 Å². The molecule has 1 aliphatic rings. The summed E-state index contributed by atoms with van der Waals surface area (Å²) < 4.78 is 7.41. The first kappa shape index (κ1) is 15.5. The second-order valence-corrected chi connectivity index (χ2v) is 6.15. The molecule has 20 heavy (non-hydrogen) atoms. The second-order valence-electron chi connectivity index (χ2n) is 5.36. The Hall–Kier alpha value is -0.920. The highest BCUT2D eigenvalue weighted by molar-refractivity contribution is 9.10. The van der Waals surface area contributed by atoms with Gasteiger partial charge in [0, 0.05) is 25.7 Å². The lowest BCUT2D eigenvalue weighted by Gasteiger charge is -2.24. The molecule has 1 fully saturated rings. The van der Waals surface area contributed by atoms with Crippen LogP contribution in [0.25, 0.3) is 0 Å². The van der Waals surface area contributed by atoms with Crippen molar-refractivity contribution in [2.75, 3.05) is 31.6 Å². The van der Waals surface area contributed by atoms with E-state index in [1.54, 1.807) is 6.20 Å². The zero-order chi connectivity index (χ0) is 14.5. The van der Waals surface area contributed by atoms with Gasteiger partial charge >= 0.3 is 0 Å². The Morgan fingerprint density at radius 3 is 3.10 bits per heavy atom. The van der Waals surface area contributed by atoms with Gasteiger partial charge in [-0.1, -0.05) is 13.8 Å². The zero-order valence-electron chi connectivity index (χ0n) is 11.9. The van der Waals surface area contributed by atoms with Crippen molar-refractivity contribution in [1.82, 2.24) is 15.1 Å². The summed E-state index contributed by atoms with van der Waals surface area (Å²) in [6, 6.07) is 0.258. The summed E-state index contributed by atoms with van der Waals surface area (Å²) in [5.41, 5.74) is 0.624. The lowest BCUT2D eigenvalue weighted by molar-refractivity contribution is 0.0806. The van der Waals surface area contributed by atoms with Crippen molar-refractivity contribution in [2.24, 2.45) is 5.92 Å². The van der Waals surface area contributed by atoms with E-state index in [9.17, 15) is 4.79 Å². The molecule has 1 aromatic heterocycles. The molecular formula is C13H21BrN4O2. The molecule has 1 saturated heterocycles. The summed E-state index contributed by atoms with van der Waals surface area (Å²) >= 11 is 3.36. The minimum absolute atomic E-state index is 0.100. The van der Waals surface area contributed by atoms with Crippen molar-refractivity contribution in [1.29, 1.82) is 0 Å². The van der Waals surface area contributed by atoms with E-state index in [2.05, 4.69) is 45.5 Å². The maximum Gasteiger partial charge on any atom is 0.283 e. The number of ether oxygens (including phenoxy) is 1. The number of anilines is 1. The van der Waals surface area contributed by atoms with Crippen LogP contribution >= 0.6 is 15.9 Å². The molecule has 6 nitrogen and oxygen atoms in total. The molecule has 1 aromatic rings. The van der Waals surface area contributed by atoms with Gasteiger partial charge in [-0.25, -0.2) is 4.68 Å². The van der Waals surface area contributed by atoms with E-state index in [4.69, 9.17) is 4.74 Å². The lowest BCUT2D eigenvalue weighted by Crippen LogP contribution is -2.45. The maximum absolute atomic E-state index is 12.1. The lowest BCUT2D eigenvalue weighted by atomic mass is 10.2. The molecule has 1 aliphatic heterocycles. The van der Waals surface area contributed by atoms with Gasteiger partial charge in [0.2, 0.25) is 0 Å². The molecule has 0 spiro atoms. The number of nitrogens with zero attached hydrogens (tertiary/aromatic N) is 2. The van der Waals surface area contributed by atoms with Gasteiger partial charge in [-0.2, -0.15) is 5.10 Å². The van der Waals surface area contributed by atoms with Crippen molar-refractivity contribution in [2.45, 2.75) is 26.4 Å². The smallest absolute Gasteiger partial charge is 0.283 e. The Bertz CT molecular complexity index is 498. The molecule has 2 N–H and O–H groups in total. The van der Waals surface area contributed by atoms with Gasteiger partial charge in [-0.3, -0.25) is 4.79 Å². The molecule has 1 atom stereocenters. The summed E-state index contributed by atoms with van der Waals surface area (Å²) in [6.07, 6.45) is 1.69. The number of rotatable bonds is 5. The molecule has 0 bridgehead atoms. The van der Waals surface area contributed by atoms with Crippen LogP contribution in [0.15, 0.2) is 15.5 Å².